The van der Waals surface area contributed by atoms with Crippen molar-refractivity contribution in [2.45, 2.75) is 12.7 Å². The number of nitrogens with one attached hydrogen (secondary N) is 2. The summed E-state index contributed by atoms with van der Waals surface area (Å²) in [5.41, 5.74) is 10.4. The minimum absolute atomic E-state index is 0.0294. The molecule has 0 fully saturated rings. The average molecular weight is 406 g/mol. The Hall–Kier alpha value is -3.60. The highest BCUT2D eigenvalue weighted by Gasteiger charge is 2.34. The van der Waals surface area contributed by atoms with Gasteiger partial charge >= 0.3 is 6.18 Å². The summed E-state index contributed by atoms with van der Waals surface area (Å²) in [4.78, 5) is 19.8. The van der Waals surface area contributed by atoms with Crippen LogP contribution in [0.3, 0.4) is 0 Å². The summed E-state index contributed by atoms with van der Waals surface area (Å²) in [5.74, 6) is -0.976. The molecule has 2 heterocycles. The van der Waals surface area contributed by atoms with Crippen LogP contribution in [0.4, 0.5) is 13.2 Å². The molecule has 0 aliphatic rings. The number of ether oxygens (including phenoxy) is 1. The van der Waals surface area contributed by atoms with Crippen LogP contribution in [0, 0.1) is 5.41 Å². The monoisotopic (exact) mass is 406 g/mol. The number of carbonyl (C=O) groups excluding carboxylic acids is 1. The first-order chi connectivity index (χ1) is 13.6. The maximum atomic E-state index is 13.4. The lowest BCUT2D eigenvalue weighted by Gasteiger charge is -2.13. The van der Waals surface area contributed by atoms with Gasteiger partial charge in [-0.1, -0.05) is 0 Å². The molecule has 3 aromatic rings. The Labute approximate surface area is 162 Å². The molecule has 0 bridgehead atoms. The molecular weight excluding hydrogens is 389 g/mol. The molecule has 6 N–H and O–H groups in total. The summed E-state index contributed by atoms with van der Waals surface area (Å²) >= 11 is 0. The number of hydrogen-bond donors (Lipinski definition) is 4. The van der Waals surface area contributed by atoms with Gasteiger partial charge in [0.05, 0.1) is 17.3 Å². The van der Waals surface area contributed by atoms with Crippen LogP contribution in [0.1, 0.15) is 21.6 Å². The van der Waals surface area contributed by atoms with E-state index >= 15 is 0 Å². The Morgan fingerprint density at radius 2 is 2.03 bits per heavy atom. The lowest BCUT2D eigenvalue weighted by atomic mass is 10.1. The maximum Gasteiger partial charge on any atom is 0.417 e. The Kier molecular flexibility index (Phi) is 5.16. The van der Waals surface area contributed by atoms with E-state index < -0.39 is 23.6 Å². The molecule has 0 saturated carbocycles. The van der Waals surface area contributed by atoms with Gasteiger partial charge in [-0.15, -0.1) is 0 Å². The second-order valence-corrected chi connectivity index (χ2v) is 6.17. The third-order valence-electron chi connectivity index (χ3n) is 4.19. The number of alkyl halides is 3. The summed E-state index contributed by atoms with van der Waals surface area (Å²) in [7, 11) is 1.24. The zero-order chi connectivity index (χ0) is 21.3. The third-order valence-corrected chi connectivity index (χ3v) is 4.19. The van der Waals surface area contributed by atoms with Gasteiger partial charge in [0.2, 0.25) is 0 Å². The van der Waals surface area contributed by atoms with E-state index in [0.29, 0.717) is 5.56 Å². The zero-order valence-corrected chi connectivity index (χ0v) is 15.2. The number of H-pyrrole nitrogens is 1. The normalized spacial score (nSPS) is 11.5. The van der Waals surface area contributed by atoms with E-state index in [1.807, 2.05) is 0 Å². The second-order valence-electron chi connectivity index (χ2n) is 6.17. The van der Waals surface area contributed by atoms with Crippen molar-refractivity contribution in [1.29, 1.82) is 5.41 Å². The van der Waals surface area contributed by atoms with Crippen molar-refractivity contribution in [2.24, 2.45) is 11.5 Å². The number of fused-ring (bicyclic) bond motifs is 1. The van der Waals surface area contributed by atoms with Gasteiger partial charge < -0.3 is 21.2 Å². The average Bonchev–Trinajstić information content (AvgIpc) is 3.11. The number of benzene rings is 1. The van der Waals surface area contributed by atoms with E-state index in [2.05, 4.69) is 9.97 Å². The van der Waals surface area contributed by atoms with Gasteiger partial charge in [-0.3, -0.25) is 20.1 Å². The number of guanidine groups is 1. The van der Waals surface area contributed by atoms with Gasteiger partial charge in [-0.2, -0.15) is 13.2 Å². The predicted molar refractivity (Wildman–Crippen MR) is 99.5 cm³/mol. The lowest BCUT2D eigenvalue weighted by Crippen LogP contribution is -2.38. The Morgan fingerprint density at radius 1 is 1.31 bits per heavy atom. The molecule has 0 saturated heterocycles. The molecule has 3 rings (SSSR count). The van der Waals surface area contributed by atoms with Crippen molar-refractivity contribution < 1.29 is 22.7 Å². The van der Waals surface area contributed by atoms with E-state index in [9.17, 15) is 18.0 Å². The van der Waals surface area contributed by atoms with Crippen molar-refractivity contribution >= 4 is 22.8 Å². The molecule has 0 aliphatic heterocycles. The molecular formula is C18H17F3N6O2. The van der Waals surface area contributed by atoms with E-state index in [1.54, 1.807) is 6.07 Å². The van der Waals surface area contributed by atoms with Crippen molar-refractivity contribution in [1.82, 2.24) is 14.9 Å². The fourth-order valence-corrected chi connectivity index (χ4v) is 2.69. The number of aromatic nitrogens is 2. The lowest BCUT2D eigenvalue weighted by molar-refractivity contribution is -0.136. The Bertz CT molecular complexity index is 1090. The molecule has 0 atom stereocenters. The van der Waals surface area contributed by atoms with Crippen LogP contribution in [-0.4, -0.2) is 33.8 Å². The van der Waals surface area contributed by atoms with Crippen LogP contribution in [0.25, 0.3) is 10.9 Å². The molecule has 1 aromatic carbocycles. The Balaban J connectivity index is 2.13. The number of carbonyl (C=O) groups is 1. The van der Waals surface area contributed by atoms with Crippen LogP contribution in [0.5, 0.6) is 11.5 Å². The van der Waals surface area contributed by atoms with Crippen molar-refractivity contribution in [3.8, 4) is 11.5 Å². The molecule has 0 unspecified atom stereocenters. The van der Waals surface area contributed by atoms with Crippen molar-refractivity contribution in [2.75, 3.05) is 7.05 Å². The topological polar surface area (TPSA) is 134 Å². The highest BCUT2D eigenvalue weighted by molar-refractivity contribution is 6.06. The molecule has 11 heteroatoms. The van der Waals surface area contributed by atoms with Crippen LogP contribution < -0.4 is 16.2 Å². The fraction of sp³-hybridized carbons (Fsp3) is 0.167. The molecule has 0 radical (unpaired) electrons. The standard InChI is InChI=1S/C18H17F3N6O2/c1-27(17(23)24)16(28)13-5-11-12(18(19,20)21)2-3-14(15(11)26-13)29-10-4-9(6-22)7-25-8-10/h2-5,7-8,26H,6,22H2,1H3,(H3,23,24). The van der Waals surface area contributed by atoms with Crippen LogP contribution in [-0.2, 0) is 12.7 Å². The number of nitrogens with zero attached hydrogens (tertiary/aromatic N) is 2. The summed E-state index contributed by atoms with van der Waals surface area (Å²) in [6.45, 7) is 0.213. The van der Waals surface area contributed by atoms with Gasteiger partial charge in [0.1, 0.15) is 11.4 Å². The smallest absolute Gasteiger partial charge is 0.417 e. The van der Waals surface area contributed by atoms with Crippen molar-refractivity contribution in [3.05, 3.63) is 53.5 Å². The van der Waals surface area contributed by atoms with Gasteiger partial charge in [0.15, 0.2) is 11.7 Å². The molecule has 0 aliphatic carbocycles. The molecule has 0 spiro atoms. The minimum Gasteiger partial charge on any atom is -0.454 e. The predicted octanol–water partition coefficient (Wildman–Crippen LogP) is 2.80. The van der Waals surface area contributed by atoms with E-state index in [0.717, 1.165) is 23.1 Å². The van der Waals surface area contributed by atoms with E-state index in [1.165, 1.54) is 19.4 Å². The Morgan fingerprint density at radius 3 is 2.66 bits per heavy atom. The number of halogens is 3. The molecule has 152 valence electrons. The number of pyridine rings is 1. The minimum atomic E-state index is -4.65. The first kappa shape index (κ1) is 20.1. The number of hydrogen-bond acceptors (Lipinski definition) is 5. The number of rotatable bonds is 4. The molecule has 2 aromatic heterocycles. The summed E-state index contributed by atoms with van der Waals surface area (Å²) in [6, 6.07) is 4.69. The first-order valence-electron chi connectivity index (χ1n) is 8.28. The van der Waals surface area contributed by atoms with Gasteiger partial charge in [-0.05, 0) is 29.8 Å². The summed E-state index contributed by atoms with van der Waals surface area (Å²) in [5, 5.41) is 7.08. The highest BCUT2D eigenvalue weighted by atomic mass is 19.4. The summed E-state index contributed by atoms with van der Waals surface area (Å²) < 4.78 is 46.0. The summed E-state index contributed by atoms with van der Waals surface area (Å²) in [6.07, 6.45) is -1.72. The first-order valence-corrected chi connectivity index (χ1v) is 8.28. The quantitative estimate of drug-likeness (QED) is 0.390. The third kappa shape index (κ3) is 3.99. The fourth-order valence-electron chi connectivity index (χ4n) is 2.69. The SMILES string of the molecule is CN(C(=N)N)C(=O)c1cc2c(C(F)(F)F)ccc(Oc3cncc(CN)c3)c2[nH]1. The van der Waals surface area contributed by atoms with Crippen LogP contribution >= 0.6 is 0 Å². The van der Waals surface area contributed by atoms with Crippen LogP contribution in [0.2, 0.25) is 0 Å². The molecule has 29 heavy (non-hydrogen) atoms. The number of amides is 1. The molecule has 1 amide bonds. The second kappa shape index (κ2) is 7.43. The van der Waals surface area contributed by atoms with Gasteiger partial charge in [0.25, 0.3) is 5.91 Å². The van der Waals surface area contributed by atoms with Gasteiger partial charge in [-0.25, -0.2) is 0 Å². The highest BCUT2D eigenvalue weighted by Crippen LogP contribution is 2.39. The van der Waals surface area contributed by atoms with Gasteiger partial charge in [0, 0.05) is 25.2 Å². The van der Waals surface area contributed by atoms with Crippen molar-refractivity contribution in [3.63, 3.8) is 0 Å². The van der Waals surface area contributed by atoms with E-state index in [4.69, 9.17) is 21.6 Å². The zero-order valence-electron chi connectivity index (χ0n) is 15.2. The molecule has 8 nitrogen and oxygen atoms in total. The largest absolute Gasteiger partial charge is 0.454 e. The maximum absolute atomic E-state index is 13.4. The number of nitrogens with two attached hydrogens (primary N) is 2. The number of aromatic amines is 1. The van der Waals surface area contributed by atoms with Crippen LogP contribution in [0.15, 0.2) is 36.7 Å². The van der Waals surface area contributed by atoms with E-state index in [-0.39, 0.29) is 34.6 Å².